The number of amides is 1. The van der Waals surface area contributed by atoms with Crippen LogP contribution in [0.3, 0.4) is 0 Å². The topological polar surface area (TPSA) is 85.1 Å². The molecular weight excluding hydrogens is 258 g/mol. The summed E-state index contributed by atoms with van der Waals surface area (Å²) in [5.41, 5.74) is 5.70. The van der Waals surface area contributed by atoms with Crippen LogP contribution in [0.4, 0.5) is 5.13 Å². The molecule has 0 saturated carbocycles. The number of thiazole rings is 1. The highest BCUT2D eigenvalue weighted by atomic mass is 32.2. The predicted octanol–water partition coefficient (Wildman–Crippen LogP) is 1.36. The smallest absolute Gasteiger partial charge is 0.243 e. The van der Waals surface area contributed by atoms with Crippen molar-refractivity contribution in [3.05, 3.63) is 11.1 Å². The quantitative estimate of drug-likeness (QED) is 0.765. The molecule has 0 unspecified atom stereocenters. The van der Waals surface area contributed by atoms with Gasteiger partial charge < -0.3 is 11.1 Å². The van der Waals surface area contributed by atoms with Crippen LogP contribution in [0.1, 0.15) is 23.0 Å². The zero-order valence-electron chi connectivity index (χ0n) is 9.73. The summed E-state index contributed by atoms with van der Waals surface area (Å²) < 4.78 is 0. The SMILES string of the molecule is CSCC[C@H](N)C(=O)Nc1ncc(C(C)=O)s1. The van der Waals surface area contributed by atoms with Crippen molar-refractivity contribution in [1.29, 1.82) is 0 Å². The van der Waals surface area contributed by atoms with E-state index in [1.807, 2.05) is 6.26 Å². The van der Waals surface area contributed by atoms with Gasteiger partial charge in [-0.25, -0.2) is 4.98 Å². The minimum absolute atomic E-state index is 0.0605. The molecule has 17 heavy (non-hydrogen) atoms. The van der Waals surface area contributed by atoms with Gasteiger partial charge in [-0.3, -0.25) is 9.59 Å². The average molecular weight is 273 g/mol. The van der Waals surface area contributed by atoms with E-state index in [4.69, 9.17) is 5.73 Å². The van der Waals surface area contributed by atoms with Gasteiger partial charge in [0.25, 0.3) is 0 Å². The molecule has 0 spiro atoms. The maximum absolute atomic E-state index is 11.6. The van der Waals surface area contributed by atoms with Crippen LogP contribution in [0.5, 0.6) is 0 Å². The fourth-order valence-electron chi connectivity index (χ4n) is 1.07. The minimum atomic E-state index is -0.535. The molecule has 1 rings (SSSR count). The number of hydrogen-bond donors (Lipinski definition) is 2. The number of nitrogens with two attached hydrogens (primary N) is 1. The molecule has 1 heterocycles. The van der Waals surface area contributed by atoms with Crippen molar-refractivity contribution >= 4 is 39.9 Å². The first-order valence-electron chi connectivity index (χ1n) is 5.06. The van der Waals surface area contributed by atoms with Gasteiger partial charge in [0.1, 0.15) is 0 Å². The molecule has 94 valence electrons. The van der Waals surface area contributed by atoms with Gasteiger partial charge >= 0.3 is 0 Å². The normalized spacial score (nSPS) is 12.2. The second kappa shape index (κ2) is 6.73. The van der Waals surface area contributed by atoms with Gasteiger partial charge in [0.15, 0.2) is 10.9 Å². The first-order valence-corrected chi connectivity index (χ1v) is 7.27. The fourth-order valence-corrected chi connectivity index (χ4v) is 2.27. The Kier molecular flexibility index (Phi) is 5.60. The molecule has 0 aromatic carbocycles. The van der Waals surface area contributed by atoms with Crippen LogP contribution in [0.15, 0.2) is 6.20 Å². The second-order valence-electron chi connectivity index (χ2n) is 3.46. The molecular formula is C10H15N3O2S2. The maximum Gasteiger partial charge on any atom is 0.243 e. The van der Waals surface area contributed by atoms with Crippen LogP contribution in [0.2, 0.25) is 0 Å². The predicted molar refractivity (Wildman–Crippen MR) is 71.7 cm³/mol. The lowest BCUT2D eigenvalue weighted by Gasteiger charge is -2.09. The van der Waals surface area contributed by atoms with Gasteiger partial charge in [0.2, 0.25) is 5.91 Å². The Morgan fingerprint density at radius 3 is 2.88 bits per heavy atom. The van der Waals surface area contributed by atoms with E-state index in [1.165, 1.54) is 13.1 Å². The lowest BCUT2D eigenvalue weighted by molar-refractivity contribution is -0.117. The molecule has 1 atom stereocenters. The average Bonchev–Trinajstić information content (AvgIpc) is 2.74. The summed E-state index contributed by atoms with van der Waals surface area (Å²) in [4.78, 5) is 27.2. The van der Waals surface area contributed by atoms with Crippen molar-refractivity contribution in [1.82, 2.24) is 4.98 Å². The first-order chi connectivity index (χ1) is 8.04. The molecule has 1 aromatic rings. The largest absolute Gasteiger partial charge is 0.320 e. The highest BCUT2D eigenvalue weighted by molar-refractivity contribution is 7.98. The Hall–Kier alpha value is -0.920. The Bertz CT molecular complexity index is 406. The van der Waals surface area contributed by atoms with Gasteiger partial charge in [0.05, 0.1) is 17.1 Å². The molecule has 0 aliphatic rings. The summed E-state index contributed by atoms with van der Waals surface area (Å²) in [5.74, 6) is 0.517. The standard InChI is InChI=1S/C10H15N3O2S2/c1-6(14)8-5-12-10(17-8)13-9(15)7(11)3-4-16-2/h5,7H,3-4,11H2,1-2H3,(H,12,13,15)/t7-/m0/s1. The van der Waals surface area contributed by atoms with E-state index in [2.05, 4.69) is 10.3 Å². The summed E-state index contributed by atoms with van der Waals surface area (Å²) in [6.07, 6.45) is 4.04. The van der Waals surface area contributed by atoms with Crippen LogP contribution in [0.25, 0.3) is 0 Å². The van der Waals surface area contributed by atoms with Crippen LogP contribution in [-0.2, 0) is 4.79 Å². The van der Waals surface area contributed by atoms with Gasteiger partial charge in [-0.15, -0.1) is 0 Å². The number of carbonyl (C=O) groups excluding carboxylic acids is 2. The lowest BCUT2D eigenvalue weighted by Crippen LogP contribution is -2.36. The molecule has 0 bridgehead atoms. The van der Waals surface area contributed by atoms with E-state index in [0.29, 0.717) is 16.4 Å². The van der Waals surface area contributed by atoms with Crippen molar-refractivity contribution in [3.63, 3.8) is 0 Å². The molecule has 0 fully saturated rings. The lowest BCUT2D eigenvalue weighted by atomic mass is 10.2. The van der Waals surface area contributed by atoms with Crippen LogP contribution < -0.4 is 11.1 Å². The Morgan fingerprint density at radius 2 is 2.35 bits per heavy atom. The molecule has 7 heteroatoms. The van der Waals surface area contributed by atoms with E-state index in [0.717, 1.165) is 17.1 Å². The number of Topliss-reactive ketones (excluding diaryl/α,β-unsaturated/α-hetero) is 1. The summed E-state index contributed by atoms with van der Waals surface area (Å²) >= 11 is 2.80. The number of thioether (sulfide) groups is 1. The molecule has 0 saturated heterocycles. The number of rotatable bonds is 6. The van der Waals surface area contributed by atoms with E-state index in [1.54, 1.807) is 11.8 Å². The number of carbonyl (C=O) groups is 2. The summed E-state index contributed by atoms with van der Waals surface area (Å²) in [7, 11) is 0. The summed E-state index contributed by atoms with van der Waals surface area (Å²) in [6, 6.07) is -0.535. The molecule has 3 N–H and O–H groups in total. The molecule has 0 aliphatic carbocycles. The van der Waals surface area contributed by atoms with Crippen molar-refractivity contribution in [2.75, 3.05) is 17.3 Å². The van der Waals surface area contributed by atoms with E-state index < -0.39 is 6.04 Å². The van der Waals surface area contributed by atoms with Gasteiger partial charge in [0, 0.05) is 6.92 Å². The zero-order chi connectivity index (χ0) is 12.8. The number of hydrogen-bond acceptors (Lipinski definition) is 6. The third kappa shape index (κ3) is 4.45. The van der Waals surface area contributed by atoms with Crippen molar-refractivity contribution in [3.8, 4) is 0 Å². The molecule has 0 aliphatic heterocycles. The van der Waals surface area contributed by atoms with E-state index in [-0.39, 0.29) is 11.7 Å². The Labute approximate surface area is 108 Å². The van der Waals surface area contributed by atoms with E-state index in [9.17, 15) is 9.59 Å². The molecule has 0 radical (unpaired) electrons. The van der Waals surface area contributed by atoms with Crippen molar-refractivity contribution < 1.29 is 9.59 Å². The van der Waals surface area contributed by atoms with Crippen LogP contribution >= 0.6 is 23.1 Å². The van der Waals surface area contributed by atoms with Gasteiger partial charge in [-0.05, 0) is 18.4 Å². The van der Waals surface area contributed by atoms with Gasteiger partial charge in [-0.2, -0.15) is 11.8 Å². The van der Waals surface area contributed by atoms with Crippen LogP contribution in [0, 0.1) is 0 Å². The summed E-state index contributed by atoms with van der Waals surface area (Å²) in [5, 5.41) is 3.02. The number of nitrogens with one attached hydrogen (secondary N) is 1. The molecule has 5 nitrogen and oxygen atoms in total. The minimum Gasteiger partial charge on any atom is -0.320 e. The van der Waals surface area contributed by atoms with Crippen LogP contribution in [-0.4, -0.2) is 34.7 Å². The fraction of sp³-hybridized carbons (Fsp3) is 0.500. The number of anilines is 1. The van der Waals surface area contributed by atoms with Gasteiger partial charge in [-0.1, -0.05) is 11.3 Å². The molecule has 1 amide bonds. The second-order valence-corrected chi connectivity index (χ2v) is 5.48. The van der Waals surface area contributed by atoms with Crippen molar-refractivity contribution in [2.45, 2.75) is 19.4 Å². The number of aromatic nitrogens is 1. The monoisotopic (exact) mass is 273 g/mol. The number of nitrogens with zero attached hydrogens (tertiary/aromatic N) is 1. The third-order valence-electron chi connectivity index (χ3n) is 2.05. The zero-order valence-corrected chi connectivity index (χ0v) is 11.4. The highest BCUT2D eigenvalue weighted by Crippen LogP contribution is 2.18. The highest BCUT2D eigenvalue weighted by Gasteiger charge is 2.15. The van der Waals surface area contributed by atoms with E-state index >= 15 is 0 Å². The third-order valence-corrected chi connectivity index (χ3v) is 3.71. The maximum atomic E-state index is 11.6. The number of ketones is 1. The molecule has 1 aromatic heterocycles. The first kappa shape index (κ1) is 14.1. The Balaban J connectivity index is 2.52. The summed E-state index contributed by atoms with van der Waals surface area (Å²) in [6.45, 7) is 1.46. The van der Waals surface area contributed by atoms with Crippen molar-refractivity contribution in [2.24, 2.45) is 5.73 Å². The Morgan fingerprint density at radius 1 is 1.65 bits per heavy atom.